The average molecular weight is 666 g/mol. The van der Waals surface area contributed by atoms with Gasteiger partial charge in [-0.05, 0) is 90.2 Å². The molecule has 2 aliphatic heterocycles. The van der Waals surface area contributed by atoms with Gasteiger partial charge in [-0.2, -0.15) is 4.58 Å². The Bertz CT molecular complexity index is 2180. The minimum atomic E-state index is -0.176. The molecule has 248 valence electrons. The molecular weight excluding hydrogens is 620 g/mol. The van der Waals surface area contributed by atoms with Crippen LogP contribution in [0.4, 0.5) is 11.4 Å². The molecular formula is C45H46ClN2O+. The normalized spacial score (nSPS) is 21.4. The summed E-state index contributed by atoms with van der Waals surface area (Å²) in [6, 6.07) is 26.6. The number of likely N-dealkylation sites (N-methyl/N-ethyl adjacent to an activating group) is 1. The quantitative estimate of drug-likeness (QED) is 0.144. The maximum absolute atomic E-state index is 7.33. The summed E-state index contributed by atoms with van der Waals surface area (Å²) >= 11 is 7.33. The minimum Gasteiger partial charge on any atom is -0.365 e. The Kier molecular flexibility index (Phi) is 8.68. The summed E-state index contributed by atoms with van der Waals surface area (Å²) in [5.74, 6) is 2.67. The average Bonchev–Trinajstić information content (AvgIpc) is 3.46. The number of hydrogen-bond donors (Lipinski definition) is 0. The monoisotopic (exact) mass is 665 g/mol. The highest BCUT2D eigenvalue weighted by molar-refractivity contribution is 6.32. The molecule has 7 rings (SSSR count). The van der Waals surface area contributed by atoms with Crippen LogP contribution in [0, 0.1) is 12.3 Å². The number of nitrogens with zero attached hydrogens (tertiary/aromatic N) is 2. The van der Waals surface area contributed by atoms with Crippen LogP contribution in [-0.4, -0.2) is 36.1 Å². The van der Waals surface area contributed by atoms with Crippen LogP contribution < -0.4 is 4.90 Å². The molecule has 3 aliphatic rings. The van der Waals surface area contributed by atoms with E-state index in [0.717, 1.165) is 29.3 Å². The lowest BCUT2D eigenvalue weighted by atomic mass is 9.78. The number of fused-ring (bicyclic) bond motifs is 5. The molecule has 0 aromatic heterocycles. The highest BCUT2D eigenvalue weighted by atomic mass is 35.5. The number of ether oxygens (including phenoxy) is 1. The van der Waals surface area contributed by atoms with E-state index in [1.807, 2.05) is 0 Å². The van der Waals surface area contributed by atoms with Crippen molar-refractivity contribution in [3.63, 3.8) is 0 Å². The second kappa shape index (κ2) is 12.8. The lowest BCUT2D eigenvalue weighted by Gasteiger charge is -2.27. The van der Waals surface area contributed by atoms with Crippen molar-refractivity contribution in [1.82, 2.24) is 0 Å². The molecule has 0 bridgehead atoms. The Morgan fingerprint density at radius 3 is 2.33 bits per heavy atom. The van der Waals surface area contributed by atoms with E-state index in [1.165, 1.54) is 55.5 Å². The van der Waals surface area contributed by atoms with Crippen molar-refractivity contribution in [3.05, 3.63) is 130 Å². The number of allylic oxidation sites excluding steroid dienone is 6. The molecule has 4 aromatic carbocycles. The van der Waals surface area contributed by atoms with E-state index >= 15 is 0 Å². The summed E-state index contributed by atoms with van der Waals surface area (Å²) in [5.41, 5.74) is 9.66. The Morgan fingerprint density at radius 2 is 1.61 bits per heavy atom. The lowest BCUT2D eigenvalue weighted by molar-refractivity contribution is -0.433. The van der Waals surface area contributed by atoms with Crippen LogP contribution in [0.2, 0.25) is 0 Å². The van der Waals surface area contributed by atoms with Gasteiger partial charge in [0, 0.05) is 58.9 Å². The Labute approximate surface area is 296 Å². The van der Waals surface area contributed by atoms with Crippen LogP contribution in [-0.2, 0) is 15.6 Å². The highest BCUT2D eigenvalue weighted by Crippen LogP contribution is 2.49. The van der Waals surface area contributed by atoms with Crippen molar-refractivity contribution in [3.8, 4) is 12.3 Å². The van der Waals surface area contributed by atoms with Crippen LogP contribution in [0.3, 0.4) is 0 Å². The Balaban J connectivity index is 1.28. The van der Waals surface area contributed by atoms with Crippen molar-refractivity contribution in [2.45, 2.75) is 71.3 Å². The number of anilines is 1. The Hall–Kier alpha value is -4.36. The second-order valence-corrected chi connectivity index (χ2v) is 14.9. The first-order valence-corrected chi connectivity index (χ1v) is 18.0. The van der Waals surface area contributed by atoms with Crippen molar-refractivity contribution in [2.24, 2.45) is 0 Å². The van der Waals surface area contributed by atoms with Crippen LogP contribution in [0.25, 0.3) is 21.5 Å². The molecule has 0 fully saturated rings. The fraction of sp³-hybridized carbons (Fsp3) is 0.311. The summed E-state index contributed by atoms with van der Waals surface area (Å²) in [6.07, 6.45) is 16.0. The van der Waals surface area contributed by atoms with E-state index < -0.39 is 0 Å². The molecule has 0 N–H and O–H groups in total. The van der Waals surface area contributed by atoms with E-state index in [1.54, 1.807) is 0 Å². The molecule has 2 heterocycles. The van der Waals surface area contributed by atoms with E-state index in [4.69, 9.17) is 22.8 Å². The predicted molar refractivity (Wildman–Crippen MR) is 208 cm³/mol. The molecule has 0 radical (unpaired) electrons. The molecule has 1 atom stereocenters. The largest absolute Gasteiger partial charge is 0.365 e. The molecule has 1 aliphatic carbocycles. The number of terminal acetylenes is 1. The third-order valence-corrected chi connectivity index (χ3v) is 11.4. The molecule has 49 heavy (non-hydrogen) atoms. The SMILES string of the molecule is C#CCOC1CC(/C=C/C2=[N+](CC)c3ccc4ccccc4c3C2(C)C)=C(Cl)C(=C/C=C2\N(CC)c3cc4ccccc4cc3C2(C)C)/C1. The summed E-state index contributed by atoms with van der Waals surface area (Å²) in [4.78, 5) is 2.45. The van der Waals surface area contributed by atoms with Crippen molar-refractivity contribution < 1.29 is 9.31 Å². The van der Waals surface area contributed by atoms with Gasteiger partial charge in [-0.3, -0.25) is 0 Å². The van der Waals surface area contributed by atoms with Gasteiger partial charge in [0.15, 0.2) is 5.71 Å². The molecule has 4 aromatic rings. The smallest absolute Gasteiger partial charge is 0.210 e. The standard InChI is InChI=1S/C45H46ClN2O/c1-8-25-49-35-26-33(20-23-40-44(4,5)37-28-31-16-11-12-17-32(31)29-39(37)48(40)10-3)43(46)34(27-35)21-24-41-45(6,7)42-36-18-14-13-15-30(36)19-22-38(42)47(41)9-2/h1,11-24,28-29,35H,9-10,25-27H2,2-7H3/q+1. The van der Waals surface area contributed by atoms with Crippen molar-refractivity contribution >= 4 is 50.2 Å². The van der Waals surface area contributed by atoms with Crippen LogP contribution in [0.1, 0.15) is 65.5 Å². The third-order valence-electron chi connectivity index (χ3n) is 10.9. The van der Waals surface area contributed by atoms with E-state index in [0.29, 0.717) is 12.8 Å². The van der Waals surface area contributed by atoms with Gasteiger partial charge < -0.3 is 9.64 Å². The van der Waals surface area contributed by atoms with Gasteiger partial charge in [0.05, 0.1) is 11.5 Å². The fourth-order valence-corrected chi connectivity index (χ4v) is 8.73. The predicted octanol–water partition coefficient (Wildman–Crippen LogP) is 10.9. The van der Waals surface area contributed by atoms with Crippen molar-refractivity contribution in [2.75, 3.05) is 24.6 Å². The zero-order valence-corrected chi connectivity index (χ0v) is 30.4. The van der Waals surface area contributed by atoms with Crippen LogP contribution in [0.5, 0.6) is 0 Å². The van der Waals surface area contributed by atoms with Gasteiger partial charge in [-0.1, -0.05) is 92.1 Å². The van der Waals surface area contributed by atoms with Crippen LogP contribution in [0.15, 0.2) is 119 Å². The Morgan fingerprint density at radius 1 is 0.898 bits per heavy atom. The fourth-order valence-electron chi connectivity index (χ4n) is 8.45. The molecule has 0 saturated carbocycles. The van der Waals surface area contributed by atoms with Gasteiger partial charge in [0.2, 0.25) is 5.69 Å². The first-order chi connectivity index (χ1) is 23.6. The summed E-state index contributed by atoms with van der Waals surface area (Å²) in [6.45, 7) is 15.8. The van der Waals surface area contributed by atoms with Gasteiger partial charge in [-0.15, -0.1) is 6.42 Å². The second-order valence-electron chi connectivity index (χ2n) is 14.5. The first-order valence-electron chi connectivity index (χ1n) is 17.6. The molecule has 0 amide bonds. The van der Waals surface area contributed by atoms with E-state index in [-0.39, 0.29) is 23.5 Å². The zero-order valence-electron chi connectivity index (χ0n) is 29.6. The summed E-state index contributed by atoms with van der Waals surface area (Å²) in [5, 5.41) is 5.93. The molecule has 4 heteroatoms. The van der Waals surface area contributed by atoms with Gasteiger partial charge in [0.25, 0.3) is 0 Å². The summed E-state index contributed by atoms with van der Waals surface area (Å²) < 4.78 is 8.64. The third kappa shape index (κ3) is 5.56. The summed E-state index contributed by atoms with van der Waals surface area (Å²) in [7, 11) is 0. The first kappa shape index (κ1) is 33.2. The lowest BCUT2D eigenvalue weighted by Crippen LogP contribution is -2.28. The molecule has 3 nitrogen and oxygen atoms in total. The van der Waals surface area contributed by atoms with Crippen LogP contribution >= 0.6 is 11.6 Å². The maximum Gasteiger partial charge on any atom is 0.210 e. The highest BCUT2D eigenvalue weighted by Gasteiger charge is 2.45. The number of halogens is 1. The molecule has 0 saturated heterocycles. The topological polar surface area (TPSA) is 15.5 Å². The van der Waals surface area contributed by atoms with Gasteiger partial charge in [0.1, 0.15) is 13.2 Å². The number of benzene rings is 4. The van der Waals surface area contributed by atoms with Gasteiger partial charge >= 0.3 is 0 Å². The molecule has 1 unspecified atom stereocenters. The maximum atomic E-state index is 7.33. The minimum absolute atomic E-state index is 0.0470. The van der Waals surface area contributed by atoms with E-state index in [9.17, 15) is 0 Å². The van der Waals surface area contributed by atoms with Crippen molar-refractivity contribution in [1.29, 1.82) is 0 Å². The zero-order chi connectivity index (χ0) is 34.5. The number of rotatable bonds is 7. The molecule has 0 spiro atoms. The number of hydrogen-bond acceptors (Lipinski definition) is 2. The van der Waals surface area contributed by atoms with E-state index in [2.05, 4.69) is 154 Å². The van der Waals surface area contributed by atoms with Gasteiger partial charge in [-0.25, -0.2) is 0 Å².